The number of hydrogen-bond acceptors (Lipinski definition) is 2. The Labute approximate surface area is 76.3 Å². The maximum atomic E-state index is 4.89. The van der Waals surface area contributed by atoms with E-state index in [-0.39, 0.29) is 0 Å². The Morgan fingerprint density at radius 1 is 1.33 bits per heavy atom. The van der Waals surface area contributed by atoms with E-state index in [4.69, 9.17) is 4.74 Å². The lowest BCUT2D eigenvalue weighted by atomic mass is 10.4. The topological polar surface area (TPSA) is 21.6 Å². The lowest BCUT2D eigenvalue weighted by molar-refractivity contribution is 0.245. The SMILES string of the molecule is C/C=C(/C)N=C(C)COC.CC. The van der Waals surface area contributed by atoms with Gasteiger partial charge in [0.05, 0.1) is 6.61 Å². The van der Waals surface area contributed by atoms with E-state index in [1.54, 1.807) is 7.11 Å². The molecule has 0 rings (SSSR count). The van der Waals surface area contributed by atoms with Gasteiger partial charge in [-0.3, -0.25) is 4.99 Å². The van der Waals surface area contributed by atoms with Gasteiger partial charge in [-0.05, 0) is 20.8 Å². The van der Waals surface area contributed by atoms with Gasteiger partial charge in [0.2, 0.25) is 0 Å². The maximum Gasteiger partial charge on any atom is 0.0842 e. The fraction of sp³-hybridized carbons (Fsp3) is 0.700. The van der Waals surface area contributed by atoms with E-state index in [2.05, 4.69) is 4.99 Å². The van der Waals surface area contributed by atoms with Crippen molar-refractivity contribution in [3.05, 3.63) is 11.8 Å². The Balaban J connectivity index is 0. The third-order valence-corrected chi connectivity index (χ3v) is 1.14. The number of rotatable bonds is 3. The second kappa shape index (κ2) is 10.4. The molecule has 0 spiro atoms. The summed E-state index contributed by atoms with van der Waals surface area (Å²) >= 11 is 0. The average Bonchev–Trinajstić information content (AvgIpc) is 2.08. The highest BCUT2D eigenvalue weighted by Crippen LogP contribution is 1.94. The van der Waals surface area contributed by atoms with Gasteiger partial charge in [-0.2, -0.15) is 0 Å². The van der Waals surface area contributed by atoms with Crippen LogP contribution < -0.4 is 0 Å². The molecule has 72 valence electrons. The van der Waals surface area contributed by atoms with Crippen LogP contribution in [0, 0.1) is 0 Å². The molecule has 0 saturated heterocycles. The monoisotopic (exact) mass is 171 g/mol. The Morgan fingerprint density at radius 2 is 1.83 bits per heavy atom. The second-order valence-corrected chi connectivity index (χ2v) is 2.21. The van der Waals surface area contributed by atoms with Gasteiger partial charge in [0, 0.05) is 18.5 Å². The molecular weight excluding hydrogens is 150 g/mol. The third-order valence-electron chi connectivity index (χ3n) is 1.14. The molecule has 0 atom stereocenters. The van der Waals surface area contributed by atoms with Crippen LogP contribution in [0.3, 0.4) is 0 Å². The van der Waals surface area contributed by atoms with Crippen LogP contribution in [0.1, 0.15) is 34.6 Å². The summed E-state index contributed by atoms with van der Waals surface area (Å²) in [5.74, 6) is 0. The van der Waals surface area contributed by atoms with Crippen molar-refractivity contribution >= 4 is 5.71 Å². The lowest BCUT2D eigenvalue weighted by Gasteiger charge is -1.97. The quantitative estimate of drug-likeness (QED) is 0.598. The molecule has 0 unspecified atom stereocenters. The zero-order valence-corrected chi connectivity index (χ0v) is 9.14. The van der Waals surface area contributed by atoms with Crippen molar-refractivity contribution in [2.24, 2.45) is 4.99 Å². The Kier molecular flexibility index (Phi) is 12.0. The molecule has 0 saturated carbocycles. The van der Waals surface area contributed by atoms with E-state index in [0.717, 1.165) is 11.4 Å². The molecular formula is C10H21NO. The van der Waals surface area contributed by atoms with Crippen molar-refractivity contribution in [2.45, 2.75) is 34.6 Å². The Bertz CT molecular complexity index is 148. The van der Waals surface area contributed by atoms with E-state index in [0.29, 0.717) is 6.61 Å². The fourth-order valence-electron chi connectivity index (χ4n) is 0.607. The van der Waals surface area contributed by atoms with Crippen molar-refractivity contribution in [3.8, 4) is 0 Å². The van der Waals surface area contributed by atoms with E-state index in [1.165, 1.54) is 0 Å². The molecule has 0 aromatic carbocycles. The predicted molar refractivity (Wildman–Crippen MR) is 55.8 cm³/mol. The molecule has 0 N–H and O–H groups in total. The van der Waals surface area contributed by atoms with Gasteiger partial charge in [-0.1, -0.05) is 19.9 Å². The molecule has 0 aliphatic carbocycles. The van der Waals surface area contributed by atoms with Crippen LogP contribution in [0.25, 0.3) is 0 Å². The number of ether oxygens (including phenoxy) is 1. The summed E-state index contributed by atoms with van der Waals surface area (Å²) in [5, 5.41) is 0. The lowest BCUT2D eigenvalue weighted by Crippen LogP contribution is -2.01. The second-order valence-electron chi connectivity index (χ2n) is 2.21. The standard InChI is InChI=1S/C8H15NO.C2H6/c1-5-7(2)9-8(3)6-10-4;1-2/h5H,6H2,1-4H3;1-2H3/b7-5-,9-8?;. The Morgan fingerprint density at radius 3 is 2.17 bits per heavy atom. The van der Waals surface area contributed by atoms with Gasteiger partial charge in [-0.25, -0.2) is 0 Å². The van der Waals surface area contributed by atoms with Gasteiger partial charge in [0.25, 0.3) is 0 Å². The summed E-state index contributed by atoms with van der Waals surface area (Å²) in [6.45, 7) is 10.5. The van der Waals surface area contributed by atoms with Gasteiger partial charge < -0.3 is 4.74 Å². The van der Waals surface area contributed by atoms with Crippen LogP contribution in [0.4, 0.5) is 0 Å². The van der Waals surface area contributed by atoms with Crippen LogP contribution in [-0.4, -0.2) is 19.4 Å². The summed E-state index contributed by atoms with van der Waals surface area (Å²) in [6, 6.07) is 0. The van der Waals surface area contributed by atoms with Crippen molar-refractivity contribution in [1.29, 1.82) is 0 Å². The molecule has 0 heterocycles. The molecule has 2 nitrogen and oxygen atoms in total. The van der Waals surface area contributed by atoms with E-state index >= 15 is 0 Å². The Hall–Kier alpha value is -0.630. The van der Waals surface area contributed by atoms with Gasteiger partial charge in [-0.15, -0.1) is 0 Å². The molecule has 0 aromatic rings. The predicted octanol–water partition coefficient (Wildman–Crippen LogP) is 3.04. The summed E-state index contributed by atoms with van der Waals surface area (Å²) in [6.07, 6.45) is 1.97. The maximum absolute atomic E-state index is 4.89. The zero-order chi connectivity index (χ0) is 9.98. The normalized spacial score (nSPS) is 12.2. The van der Waals surface area contributed by atoms with Gasteiger partial charge in [0.1, 0.15) is 0 Å². The molecule has 0 aliphatic rings. The minimum atomic E-state index is 0.616. The van der Waals surface area contributed by atoms with Crippen LogP contribution >= 0.6 is 0 Å². The number of methoxy groups -OCH3 is 1. The summed E-state index contributed by atoms with van der Waals surface area (Å²) in [7, 11) is 1.67. The van der Waals surface area contributed by atoms with Crippen LogP contribution in [0.15, 0.2) is 16.8 Å². The van der Waals surface area contributed by atoms with Crippen LogP contribution in [0.2, 0.25) is 0 Å². The van der Waals surface area contributed by atoms with E-state index < -0.39 is 0 Å². The van der Waals surface area contributed by atoms with Gasteiger partial charge >= 0.3 is 0 Å². The van der Waals surface area contributed by atoms with Crippen LogP contribution in [-0.2, 0) is 4.74 Å². The first-order chi connectivity index (χ1) is 5.70. The molecule has 0 amide bonds. The summed E-state index contributed by atoms with van der Waals surface area (Å²) in [4.78, 5) is 4.24. The summed E-state index contributed by atoms with van der Waals surface area (Å²) in [5.41, 5.74) is 2.05. The van der Waals surface area contributed by atoms with E-state index in [1.807, 2.05) is 40.7 Å². The minimum absolute atomic E-state index is 0.616. The molecule has 2 heteroatoms. The average molecular weight is 171 g/mol. The zero-order valence-electron chi connectivity index (χ0n) is 9.14. The highest BCUT2D eigenvalue weighted by atomic mass is 16.5. The number of aliphatic imine (C=N–C) groups is 1. The first-order valence-corrected chi connectivity index (χ1v) is 4.36. The highest BCUT2D eigenvalue weighted by Gasteiger charge is 1.87. The number of hydrogen-bond donors (Lipinski definition) is 0. The first-order valence-electron chi connectivity index (χ1n) is 4.36. The number of nitrogens with zero attached hydrogens (tertiary/aromatic N) is 1. The van der Waals surface area contributed by atoms with Crippen molar-refractivity contribution in [1.82, 2.24) is 0 Å². The van der Waals surface area contributed by atoms with Crippen molar-refractivity contribution in [2.75, 3.05) is 13.7 Å². The largest absolute Gasteiger partial charge is 0.379 e. The molecule has 12 heavy (non-hydrogen) atoms. The van der Waals surface area contributed by atoms with E-state index in [9.17, 15) is 0 Å². The third kappa shape index (κ3) is 9.37. The smallest absolute Gasteiger partial charge is 0.0842 e. The minimum Gasteiger partial charge on any atom is -0.379 e. The van der Waals surface area contributed by atoms with Crippen molar-refractivity contribution in [3.63, 3.8) is 0 Å². The highest BCUT2D eigenvalue weighted by molar-refractivity contribution is 5.83. The molecule has 0 bridgehead atoms. The molecule has 0 aliphatic heterocycles. The first kappa shape index (κ1) is 13.9. The summed E-state index contributed by atoms with van der Waals surface area (Å²) < 4.78 is 4.89. The fourth-order valence-corrected chi connectivity index (χ4v) is 0.607. The molecule has 0 radical (unpaired) electrons. The number of allylic oxidation sites excluding steroid dienone is 2. The van der Waals surface area contributed by atoms with Crippen LogP contribution in [0.5, 0.6) is 0 Å². The van der Waals surface area contributed by atoms with Gasteiger partial charge in [0.15, 0.2) is 0 Å². The molecule has 0 aromatic heterocycles. The molecule has 0 fully saturated rings. The van der Waals surface area contributed by atoms with Crippen molar-refractivity contribution < 1.29 is 4.74 Å².